The van der Waals surface area contributed by atoms with Crippen LogP contribution < -0.4 is 10.6 Å². The molecule has 2 N–H and O–H groups in total. The first kappa shape index (κ1) is 19.8. The van der Waals surface area contributed by atoms with Crippen molar-refractivity contribution in [2.75, 3.05) is 33.4 Å². The molecule has 146 valence electrons. The fourth-order valence-corrected chi connectivity index (χ4v) is 3.43. The smallest absolute Gasteiger partial charge is 0.227 e. The summed E-state index contributed by atoms with van der Waals surface area (Å²) in [5.74, 6) is 0.926. The molecule has 0 spiro atoms. The van der Waals surface area contributed by atoms with E-state index in [0.717, 1.165) is 31.5 Å². The summed E-state index contributed by atoms with van der Waals surface area (Å²) in [7, 11) is 1.71. The van der Waals surface area contributed by atoms with Crippen LogP contribution in [0.4, 0.5) is 0 Å². The topological polar surface area (TPSA) is 89.3 Å². The van der Waals surface area contributed by atoms with E-state index in [1.807, 2.05) is 12.1 Å². The number of carbonyl (C=O) groups is 1. The van der Waals surface area contributed by atoms with Gasteiger partial charge >= 0.3 is 0 Å². The highest BCUT2D eigenvalue weighted by Crippen LogP contribution is 2.28. The van der Waals surface area contributed by atoms with E-state index in [1.165, 1.54) is 0 Å². The molecule has 2 heterocycles. The van der Waals surface area contributed by atoms with Crippen LogP contribution in [0, 0.1) is 5.41 Å². The van der Waals surface area contributed by atoms with Gasteiger partial charge in [-0.25, -0.2) is 0 Å². The van der Waals surface area contributed by atoms with Crippen LogP contribution in [0.25, 0.3) is 11.4 Å². The van der Waals surface area contributed by atoms with Crippen molar-refractivity contribution < 1.29 is 14.1 Å². The Hall–Kier alpha value is -1.96. The Bertz CT molecular complexity index is 736. The quantitative estimate of drug-likeness (QED) is 0.717. The number of aromatic nitrogens is 2. The molecular weight excluding hydrogens is 368 g/mol. The number of ether oxygens (including phenoxy) is 1. The minimum absolute atomic E-state index is 0.0158. The zero-order valence-electron chi connectivity index (χ0n) is 15.5. The zero-order chi connectivity index (χ0) is 19.1. The van der Waals surface area contributed by atoms with Crippen molar-refractivity contribution >= 4 is 17.5 Å². The van der Waals surface area contributed by atoms with Crippen molar-refractivity contribution in [2.45, 2.75) is 25.7 Å². The van der Waals surface area contributed by atoms with Gasteiger partial charge in [0.05, 0.1) is 6.61 Å². The Morgan fingerprint density at radius 3 is 2.78 bits per heavy atom. The standard InChI is InChI=1S/C19H25ClN4O3/c1-26-13-19(8-10-21-11-9-19)12-22-16(25)6-7-17-23-18(24-27-17)14-2-4-15(20)5-3-14/h2-5,21H,6-13H2,1H3,(H,22,25). The largest absolute Gasteiger partial charge is 0.384 e. The maximum absolute atomic E-state index is 12.2. The molecule has 1 aromatic carbocycles. The fraction of sp³-hybridized carbons (Fsp3) is 0.526. The number of piperidine rings is 1. The van der Waals surface area contributed by atoms with E-state index in [0.29, 0.717) is 42.7 Å². The number of hydrogen-bond donors (Lipinski definition) is 2. The van der Waals surface area contributed by atoms with E-state index < -0.39 is 0 Å². The highest BCUT2D eigenvalue weighted by Gasteiger charge is 2.32. The van der Waals surface area contributed by atoms with Gasteiger partial charge in [-0.2, -0.15) is 4.98 Å². The summed E-state index contributed by atoms with van der Waals surface area (Å²) < 4.78 is 10.6. The molecule has 1 amide bonds. The summed E-state index contributed by atoms with van der Waals surface area (Å²) in [6.07, 6.45) is 2.71. The lowest BCUT2D eigenvalue weighted by Crippen LogP contribution is -2.47. The Morgan fingerprint density at radius 1 is 1.33 bits per heavy atom. The van der Waals surface area contributed by atoms with Gasteiger partial charge in [0, 0.05) is 42.5 Å². The van der Waals surface area contributed by atoms with Crippen LogP contribution in [-0.2, 0) is 16.0 Å². The molecule has 2 aromatic rings. The maximum Gasteiger partial charge on any atom is 0.227 e. The number of nitrogens with zero attached hydrogens (tertiary/aromatic N) is 2. The number of aryl methyl sites for hydroxylation is 1. The van der Waals surface area contributed by atoms with Gasteiger partial charge in [-0.15, -0.1) is 0 Å². The van der Waals surface area contributed by atoms with Crippen LogP contribution in [0.1, 0.15) is 25.2 Å². The van der Waals surface area contributed by atoms with Crippen molar-refractivity contribution in [1.82, 2.24) is 20.8 Å². The zero-order valence-corrected chi connectivity index (χ0v) is 16.2. The predicted molar refractivity (Wildman–Crippen MR) is 102 cm³/mol. The second-order valence-corrected chi connectivity index (χ2v) is 7.41. The van der Waals surface area contributed by atoms with Crippen molar-refractivity contribution in [3.8, 4) is 11.4 Å². The van der Waals surface area contributed by atoms with Gasteiger partial charge < -0.3 is 19.9 Å². The van der Waals surface area contributed by atoms with Gasteiger partial charge in [-0.3, -0.25) is 4.79 Å². The van der Waals surface area contributed by atoms with Gasteiger partial charge in [-0.05, 0) is 50.2 Å². The molecule has 0 atom stereocenters. The Morgan fingerprint density at radius 2 is 2.07 bits per heavy atom. The molecule has 3 rings (SSSR count). The molecule has 1 aliphatic heterocycles. The number of carbonyl (C=O) groups excluding carboxylic acids is 1. The van der Waals surface area contributed by atoms with Crippen LogP contribution in [0.3, 0.4) is 0 Å². The van der Waals surface area contributed by atoms with E-state index in [2.05, 4.69) is 20.8 Å². The number of nitrogens with one attached hydrogen (secondary N) is 2. The van der Waals surface area contributed by atoms with Gasteiger partial charge in [0.2, 0.25) is 17.6 Å². The number of methoxy groups -OCH3 is 1. The van der Waals surface area contributed by atoms with Gasteiger partial charge in [0.25, 0.3) is 0 Å². The molecular formula is C19H25ClN4O3. The van der Waals surface area contributed by atoms with Crippen molar-refractivity contribution in [1.29, 1.82) is 0 Å². The maximum atomic E-state index is 12.2. The lowest BCUT2D eigenvalue weighted by molar-refractivity contribution is -0.122. The van der Waals surface area contributed by atoms with Gasteiger partial charge in [-0.1, -0.05) is 16.8 Å². The molecule has 1 fully saturated rings. The molecule has 27 heavy (non-hydrogen) atoms. The number of benzene rings is 1. The first-order chi connectivity index (χ1) is 13.1. The number of hydrogen-bond acceptors (Lipinski definition) is 6. The molecule has 0 radical (unpaired) electrons. The van der Waals surface area contributed by atoms with Crippen LogP contribution in [-0.4, -0.2) is 49.4 Å². The summed E-state index contributed by atoms with van der Waals surface area (Å²) in [6, 6.07) is 7.21. The average molecular weight is 393 g/mol. The van der Waals surface area contributed by atoms with Crippen LogP contribution >= 0.6 is 11.6 Å². The highest BCUT2D eigenvalue weighted by atomic mass is 35.5. The second-order valence-electron chi connectivity index (χ2n) is 6.98. The van der Waals surface area contributed by atoms with Crippen molar-refractivity contribution in [3.05, 3.63) is 35.2 Å². The lowest BCUT2D eigenvalue weighted by Gasteiger charge is -2.37. The van der Waals surface area contributed by atoms with Crippen molar-refractivity contribution in [2.24, 2.45) is 5.41 Å². The third kappa shape index (κ3) is 5.51. The average Bonchev–Trinajstić information content (AvgIpc) is 3.15. The van der Waals surface area contributed by atoms with E-state index in [1.54, 1.807) is 19.2 Å². The van der Waals surface area contributed by atoms with Gasteiger partial charge in [0.1, 0.15) is 0 Å². The lowest BCUT2D eigenvalue weighted by atomic mass is 9.79. The minimum Gasteiger partial charge on any atom is -0.384 e. The van der Waals surface area contributed by atoms with E-state index in [-0.39, 0.29) is 11.3 Å². The minimum atomic E-state index is -0.0183. The van der Waals surface area contributed by atoms with E-state index in [4.69, 9.17) is 20.9 Å². The summed E-state index contributed by atoms with van der Waals surface area (Å²) in [5.41, 5.74) is 0.841. The number of rotatable bonds is 8. The molecule has 0 aliphatic carbocycles. The molecule has 7 nitrogen and oxygen atoms in total. The summed E-state index contributed by atoms with van der Waals surface area (Å²) in [6.45, 7) is 3.19. The Kier molecular flexibility index (Phi) is 6.82. The molecule has 8 heteroatoms. The fourth-order valence-electron chi connectivity index (χ4n) is 3.30. The SMILES string of the molecule is COCC1(CNC(=O)CCc2nc(-c3ccc(Cl)cc3)no2)CCNCC1. The normalized spacial score (nSPS) is 16.2. The van der Waals surface area contributed by atoms with Crippen molar-refractivity contribution in [3.63, 3.8) is 0 Å². The Labute approximate surface area is 163 Å². The van der Waals surface area contributed by atoms with Crippen LogP contribution in [0.5, 0.6) is 0 Å². The molecule has 1 saturated heterocycles. The summed E-state index contributed by atoms with van der Waals surface area (Å²) in [4.78, 5) is 16.6. The predicted octanol–water partition coefficient (Wildman–Crippen LogP) is 2.46. The molecule has 1 aromatic heterocycles. The third-order valence-corrected chi connectivity index (χ3v) is 5.16. The molecule has 0 saturated carbocycles. The van der Waals surface area contributed by atoms with Crippen LogP contribution in [0.15, 0.2) is 28.8 Å². The first-order valence-corrected chi connectivity index (χ1v) is 9.53. The molecule has 0 unspecified atom stereocenters. The monoisotopic (exact) mass is 392 g/mol. The Balaban J connectivity index is 1.48. The highest BCUT2D eigenvalue weighted by molar-refractivity contribution is 6.30. The number of amides is 1. The molecule has 1 aliphatic rings. The molecule has 0 bridgehead atoms. The number of halogens is 1. The first-order valence-electron chi connectivity index (χ1n) is 9.15. The third-order valence-electron chi connectivity index (χ3n) is 4.91. The summed E-state index contributed by atoms with van der Waals surface area (Å²) in [5, 5.41) is 11.0. The second kappa shape index (κ2) is 9.30. The van der Waals surface area contributed by atoms with E-state index >= 15 is 0 Å². The van der Waals surface area contributed by atoms with E-state index in [9.17, 15) is 4.79 Å². The van der Waals surface area contributed by atoms with Gasteiger partial charge in [0.15, 0.2) is 0 Å². The van der Waals surface area contributed by atoms with Crippen LogP contribution in [0.2, 0.25) is 5.02 Å². The summed E-state index contributed by atoms with van der Waals surface area (Å²) >= 11 is 5.88.